The van der Waals surface area contributed by atoms with Crippen molar-refractivity contribution in [1.29, 1.82) is 0 Å². The average Bonchev–Trinajstić information content (AvgIpc) is 2.17. The van der Waals surface area contributed by atoms with Crippen molar-refractivity contribution in [2.24, 2.45) is 0 Å². The fourth-order valence-electron chi connectivity index (χ4n) is 0.234. The van der Waals surface area contributed by atoms with Crippen molar-refractivity contribution in [2.45, 2.75) is 45.4 Å². The number of hydrogen-bond donors (Lipinski definition) is 2. The van der Waals surface area contributed by atoms with Gasteiger partial charge in [0.2, 0.25) is 11.6 Å². The van der Waals surface area contributed by atoms with E-state index >= 15 is 0 Å². The highest BCUT2D eigenvalue weighted by atomic mass is 16.6. The summed E-state index contributed by atoms with van der Waals surface area (Å²) in [6, 6.07) is -0.852. The van der Waals surface area contributed by atoms with Crippen LogP contribution in [0.3, 0.4) is 0 Å². The van der Waals surface area contributed by atoms with Crippen LogP contribution in [0.4, 0.5) is 0 Å². The molecule has 0 bridgehead atoms. The van der Waals surface area contributed by atoms with Crippen LogP contribution in [0, 0.1) is 20.2 Å². The van der Waals surface area contributed by atoms with Crippen LogP contribution in [-0.2, 0) is 0 Å². The molecule has 0 heterocycles. The molecule has 8 nitrogen and oxygen atoms in total. The Kier molecular flexibility index (Phi) is 7.57. The van der Waals surface area contributed by atoms with Gasteiger partial charge in [-0.15, -0.1) is 0 Å². The second-order valence-corrected chi connectivity index (χ2v) is 3.99. The quantitative estimate of drug-likeness (QED) is 0.527. The van der Waals surface area contributed by atoms with Crippen LogP contribution in [0.25, 0.3) is 0 Å². The highest BCUT2D eigenvalue weighted by molar-refractivity contribution is 4.62. The number of hydrogen-bond acceptors (Lipinski definition) is 6. The first-order chi connectivity index (χ1) is 7.06. The van der Waals surface area contributed by atoms with Crippen LogP contribution >= 0.6 is 0 Å². The summed E-state index contributed by atoms with van der Waals surface area (Å²) in [5.41, 5.74) is -1.18. The second-order valence-electron chi connectivity index (χ2n) is 3.99. The lowest BCUT2D eigenvalue weighted by Gasteiger charge is -2.09. The number of aliphatic hydroxyl groups excluding tert-OH is 2. The molecule has 2 N–H and O–H groups in total. The summed E-state index contributed by atoms with van der Waals surface area (Å²) in [4.78, 5) is 18.7. The summed E-state index contributed by atoms with van der Waals surface area (Å²) >= 11 is 0. The van der Waals surface area contributed by atoms with Crippen molar-refractivity contribution in [3.8, 4) is 0 Å². The van der Waals surface area contributed by atoms with Crippen molar-refractivity contribution < 1.29 is 20.1 Å². The largest absolute Gasteiger partial charge is 0.389 e. The standard InChI is InChI=1S/2C4H9NO3/c1-4(2,3-6)5(7)8;1-3(4(2)6)5(7)8/h6H,3H2,1-2H3;3-4,6H,1-2H3. The van der Waals surface area contributed by atoms with Crippen LogP contribution in [0.1, 0.15) is 27.7 Å². The zero-order valence-electron chi connectivity index (χ0n) is 9.78. The van der Waals surface area contributed by atoms with E-state index < -0.39 is 34.1 Å². The van der Waals surface area contributed by atoms with Gasteiger partial charge in [0, 0.05) is 30.6 Å². The van der Waals surface area contributed by atoms with Crippen molar-refractivity contribution in [3.63, 3.8) is 0 Å². The number of nitrogens with zero attached hydrogens (tertiary/aromatic N) is 2. The smallest absolute Gasteiger partial charge is 0.239 e. The lowest BCUT2D eigenvalue weighted by molar-refractivity contribution is -0.563. The van der Waals surface area contributed by atoms with Gasteiger partial charge in [0.15, 0.2) is 0 Å². The maximum Gasteiger partial charge on any atom is 0.239 e. The molecule has 0 saturated carbocycles. The van der Waals surface area contributed by atoms with Crippen LogP contribution < -0.4 is 0 Å². The molecule has 96 valence electrons. The molecule has 0 aliphatic heterocycles. The molecule has 0 rings (SSSR count). The van der Waals surface area contributed by atoms with Gasteiger partial charge in [-0.1, -0.05) is 0 Å². The van der Waals surface area contributed by atoms with E-state index in [0.29, 0.717) is 0 Å². The summed E-state index contributed by atoms with van der Waals surface area (Å²) in [6.07, 6.45) is -0.856. The van der Waals surface area contributed by atoms with Gasteiger partial charge in [-0.3, -0.25) is 20.2 Å². The number of aliphatic hydroxyl groups is 2. The summed E-state index contributed by atoms with van der Waals surface area (Å²) in [5, 5.41) is 36.6. The molecular weight excluding hydrogens is 220 g/mol. The fraction of sp³-hybridized carbons (Fsp3) is 1.00. The minimum absolute atomic E-state index is 0.417. The fourth-order valence-corrected chi connectivity index (χ4v) is 0.234. The Labute approximate surface area is 93.2 Å². The van der Waals surface area contributed by atoms with Gasteiger partial charge in [-0.25, -0.2) is 0 Å². The molecule has 0 saturated heterocycles. The Bertz CT molecular complexity index is 241. The van der Waals surface area contributed by atoms with Gasteiger partial charge in [0.1, 0.15) is 12.7 Å². The van der Waals surface area contributed by atoms with Crippen molar-refractivity contribution in [3.05, 3.63) is 20.2 Å². The molecule has 0 fully saturated rings. The molecule has 0 amide bonds. The summed E-state index contributed by atoms with van der Waals surface area (Å²) in [6.45, 7) is 5.08. The highest BCUT2D eigenvalue weighted by Crippen LogP contribution is 2.03. The minimum Gasteiger partial charge on any atom is -0.389 e. The Hall–Kier alpha value is -1.28. The third kappa shape index (κ3) is 7.07. The van der Waals surface area contributed by atoms with Gasteiger partial charge >= 0.3 is 0 Å². The molecule has 0 aromatic heterocycles. The first kappa shape index (κ1) is 17.1. The van der Waals surface area contributed by atoms with E-state index in [-0.39, 0.29) is 0 Å². The van der Waals surface area contributed by atoms with Gasteiger partial charge in [0.05, 0.1) is 0 Å². The van der Waals surface area contributed by atoms with Crippen LogP contribution in [0.15, 0.2) is 0 Å². The molecule has 8 heteroatoms. The Morgan fingerprint density at radius 3 is 1.62 bits per heavy atom. The van der Waals surface area contributed by atoms with Crippen molar-refractivity contribution in [2.75, 3.05) is 6.61 Å². The normalized spacial score (nSPS) is 14.4. The average molecular weight is 238 g/mol. The van der Waals surface area contributed by atoms with Gasteiger partial charge in [0.25, 0.3) is 0 Å². The van der Waals surface area contributed by atoms with Gasteiger partial charge in [-0.05, 0) is 6.92 Å². The SMILES string of the molecule is CC(C)(CO)[N+](=O)[O-].CC(O)C(C)[N+](=O)[O-]. The third-order valence-corrected chi connectivity index (χ3v) is 1.91. The number of rotatable bonds is 4. The molecule has 16 heavy (non-hydrogen) atoms. The predicted molar refractivity (Wildman–Crippen MR) is 56.3 cm³/mol. The van der Waals surface area contributed by atoms with Crippen LogP contribution in [0.2, 0.25) is 0 Å². The van der Waals surface area contributed by atoms with Crippen molar-refractivity contribution in [1.82, 2.24) is 0 Å². The summed E-state index contributed by atoms with van der Waals surface area (Å²) < 4.78 is 0. The third-order valence-electron chi connectivity index (χ3n) is 1.91. The Morgan fingerprint density at radius 1 is 1.25 bits per heavy atom. The zero-order chi connectivity index (χ0) is 13.5. The molecule has 0 aromatic carbocycles. The van der Waals surface area contributed by atoms with E-state index in [0.717, 1.165) is 0 Å². The second kappa shape index (κ2) is 7.07. The van der Waals surface area contributed by atoms with E-state index in [1.54, 1.807) is 0 Å². The topological polar surface area (TPSA) is 127 Å². The predicted octanol–water partition coefficient (Wildman–Crippen LogP) is 0.0664. The number of nitro groups is 2. The monoisotopic (exact) mass is 238 g/mol. The molecule has 0 aliphatic carbocycles. The molecule has 2 atom stereocenters. The lowest BCUT2D eigenvalue weighted by atomic mass is 10.1. The van der Waals surface area contributed by atoms with E-state index in [4.69, 9.17) is 10.2 Å². The van der Waals surface area contributed by atoms with E-state index in [1.165, 1.54) is 27.7 Å². The molecule has 0 spiro atoms. The maximum atomic E-state index is 9.90. The van der Waals surface area contributed by atoms with Gasteiger partial charge < -0.3 is 10.2 Å². The lowest BCUT2D eigenvalue weighted by Crippen LogP contribution is -2.34. The Morgan fingerprint density at radius 2 is 1.62 bits per heavy atom. The van der Waals surface area contributed by atoms with E-state index in [1.807, 2.05) is 0 Å². The highest BCUT2D eigenvalue weighted by Gasteiger charge is 2.28. The molecule has 0 radical (unpaired) electrons. The summed E-state index contributed by atoms with van der Waals surface area (Å²) in [5.74, 6) is 0. The zero-order valence-corrected chi connectivity index (χ0v) is 9.78. The molecule has 0 aliphatic rings. The molecule has 2 unspecified atom stereocenters. The maximum absolute atomic E-state index is 9.90. The molecule has 0 aromatic rings. The summed E-state index contributed by atoms with van der Waals surface area (Å²) in [7, 11) is 0. The van der Waals surface area contributed by atoms with E-state index in [2.05, 4.69) is 0 Å². The van der Waals surface area contributed by atoms with Crippen LogP contribution in [-0.4, -0.2) is 44.4 Å². The van der Waals surface area contributed by atoms with Crippen molar-refractivity contribution >= 4 is 0 Å². The van der Waals surface area contributed by atoms with Gasteiger partial charge in [-0.2, -0.15) is 0 Å². The molecular formula is C8H18N2O6. The Balaban J connectivity index is 0. The first-order valence-electron chi connectivity index (χ1n) is 4.63. The van der Waals surface area contributed by atoms with E-state index in [9.17, 15) is 20.2 Å². The minimum atomic E-state index is -1.18. The van der Waals surface area contributed by atoms with Crippen LogP contribution in [0.5, 0.6) is 0 Å². The first-order valence-corrected chi connectivity index (χ1v) is 4.63.